The summed E-state index contributed by atoms with van der Waals surface area (Å²) in [5, 5.41) is 10.7. The predicted molar refractivity (Wildman–Crippen MR) is 65.9 cm³/mol. The van der Waals surface area contributed by atoms with Crippen LogP contribution in [-0.2, 0) is 4.74 Å². The van der Waals surface area contributed by atoms with Crippen molar-refractivity contribution in [3.63, 3.8) is 0 Å². The number of nitro groups is 1. The highest BCUT2D eigenvalue weighted by molar-refractivity contribution is 5.48. The maximum absolute atomic E-state index is 10.7. The number of ether oxygens (including phenoxy) is 3. The van der Waals surface area contributed by atoms with Gasteiger partial charge in [0.05, 0.1) is 17.6 Å². The van der Waals surface area contributed by atoms with Crippen LogP contribution in [0.1, 0.15) is 6.42 Å². The molecule has 0 amide bonds. The van der Waals surface area contributed by atoms with Gasteiger partial charge in [-0.05, 0) is 12.5 Å². The van der Waals surface area contributed by atoms with Gasteiger partial charge in [0, 0.05) is 13.2 Å². The summed E-state index contributed by atoms with van der Waals surface area (Å²) in [6.07, 6.45) is 2.35. The Morgan fingerprint density at radius 2 is 2.17 bits per heavy atom. The molecule has 1 rings (SSSR count). The molecule has 0 aliphatic heterocycles. The van der Waals surface area contributed by atoms with Crippen LogP contribution in [0.15, 0.2) is 30.9 Å². The number of hydrogen-bond donors (Lipinski definition) is 0. The first-order valence-electron chi connectivity index (χ1n) is 5.33. The number of nitro benzene ring substituents is 1. The van der Waals surface area contributed by atoms with E-state index in [1.165, 1.54) is 25.3 Å². The van der Waals surface area contributed by atoms with Gasteiger partial charge in [0.15, 0.2) is 18.3 Å². The molecule has 0 aliphatic carbocycles. The van der Waals surface area contributed by atoms with E-state index in [9.17, 15) is 10.1 Å². The van der Waals surface area contributed by atoms with E-state index in [1.54, 1.807) is 6.08 Å². The fraction of sp³-hybridized carbons (Fsp3) is 0.333. The highest BCUT2D eigenvalue weighted by Crippen LogP contribution is 2.31. The molecule has 0 bridgehead atoms. The standard InChI is InChI=1S/C12H15NO5/c1-3-4-7-17-12-8-10(13(14)15)5-6-11(12)18-9-16-2/h3,5-6,8H,1,4,7,9H2,2H3. The van der Waals surface area contributed by atoms with E-state index in [1.807, 2.05) is 0 Å². The predicted octanol–water partition coefficient (Wildman–Crippen LogP) is 2.53. The fourth-order valence-corrected chi connectivity index (χ4v) is 1.22. The minimum Gasteiger partial charge on any atom is -0.489 e. The molecule has 0 unspecified atom stereocenters. The van der Waals surface area contributed by atoms with Gasteiger partial charge in [-0.25, -0.2) is 0 Å². The average molecular weight is 253 g/mol. The van der Waals surface area contributed by atoms with Gasteiger partial charge in [-0.15, -0.1) is 6.58 Å². The zero-order valence-electron chi connectivity index (χ0n) is 10.1. The Bertz CT molecular complexity index is 419. The Kier molecular flexibility index (Phi) is 5.66. The third-order valence-electron chi connectivity index (χ3n) is 2.05. The summed E-state index contributed by atoms with van der Waals surface area (Å²) >= 11 is 0. The number of non-ortho nitro benzene ring substituents is 1. The van der Waals surface area contributed by atoms with E-state index in [0.29, 0.717) is 24.5 Å². The number of rotatable bonds is 8. The zero-order valence-corrected chi connectivity index (χ0v) is 10.1. The van der Waals surface area contributed by atoms with E-state index in [-0.39, 0.29) is 12.5 Å². The van der Waals surface area contributed by atoms with Gasteiger partial charge in [0.2, 0.25) is 0 Å². The first kappa shape index (κ1) is 14.0. The topological polar surface area (TPSA) is 70.8 Å². The molecule has 0 fully saturated rings. The Hall–Kier alpha value is -2.08. The third-order valence-corrected chi connectivity index (χ3v) is 2.05. The van der Waals surface area contributed by atoms with Gasteiger partial charge >= 0.3 is 0 Å². The van der Waals surface area contributed by atoms with E-state index in [2.05, 4.69) is 6.58 Å². The Morgan fingerprint density at radius 1 is 1.39 bits per heavy atom. The molecule has 0 aromatic heterocycles. The quantitative estimate of drug-likeness (QED) is 0.234. The van der Waals surface area contributed by atoms with Crippen LogP contribution in [0.5, 0.6) is 11.5 Å². The maximum atomic E-state index is 10.7. The third kappa shape index (κ3) is 4.06. The summed E-state index contributed by atoms with van der Waals surface area (Å²) in [4.78, 5) is 10.2. The monoisotopic (exact) mass is 253 g/mol. The number of methoxy groups -OCH3 is 1. The molecule has 1 aromatic carbocycles. The molecule has 1 aromatic rings. The first-order chi connectivity index (χ1) is 8.69. The van der Waals surface area contributed by atoms with E-state index in [0.717, 1.165) is 0 Å². The maximum Gasteiger partial charge on any atom is 0.273 e. The zero-order chi connectivity index (χ0) is 13.4. The van der Waals surface area contributed by atoms with Crippen molar-refractivity contribution in [1.29, 1.82) is 0 Å². The van der Waals surface area contributed by atoms with Gasteiger partial charge in [-0.1, -0.05) is 6.08 Å². The molecule has 0 heterocycles. The number of hydrogen-bond acceptors (Lipinski definition) is 5. The summed E-state index contributed by atoms with van der Waals surface area (Å²) in [5.41, 5.74) is -0.0478. The van der Waals surface area contributed by atoms with Gasteiger partial charge in [-0.2, -0.15) is 0 Å². The summed E-state index contributed by atoms with van der Waals surface area (Å²) in [6, 6.07) is 4.17. The lowest BCUT2D eigenvalue weighted by Gasteiger charge is -2.11. The molecular formula is C12H15NO5. The highest BCUT2D eigenvalue weighted by Gasteiger charge is 2.12. The lowest BCUT2D eigenvalue weighted by molar-refractivity contribution is -0.385. The molecule has 0 atom stereocenters. The Labute approximate surface area is 105 Å². The second-order valence-electron chi connectivity index (χ2n) is 3.36. The van der Waals surface area contributed by atoms with Crippen LogP contribution in [0.25, 0.3) is 0 Å². The van der Waals surface area contributed by atoms with Crippen LogP contribution in [0.3, 0.4) is 0 Å². The average Bonchev–Trinajstić information content (AvgIpc) is 2.37. The highest BCUT2D eigenvalue weighted by atomic mass is 16.7. The van der Waals surface area contributed by atoms with Crippen LogP contribution in [0.4, 0.5) is 5.69 Å². The Balaban J connectivity index is 2.86. The largest absolute Gasteiger partial charge is 0.489 e. The summed E-state index contributed by atoms with van der Waals surface area (Å²) in [7, 11) is 1.49. The van der Waals surface area contributed by atoms with Crippen LogP contribution >= 0.6 is 0 Å². The van der Waals surface area contributed by atoms with E-state index < -0.39 is 4.92 Å². The fourth-order valence-electron chi connectivity index (χ4n) is 1.22. The lowest BCUT2D eigenvalue weighted by Crippen LogP contribution is -2.03. The SMILES string of the molecule is C=CCCOc1cc([N+](=O)[O-])ccc1OCOC. The number of nitrogens with zero attached hydrogens (tertiary/aromatic N) is 1. The molecule has 0 saturated carbocycles. The summed E-state index contributed by atoms with van der Waals surface area (Å²) in [6.45, 7) is 4.00. The van der Waals surface area contributed by atoms with Crippen molar-refractivity contribution < 1.29 is 19.1 Å². The van der Waals surface area contributed by atoms with Crippen LogP contribution in [-0.4, -0.2) is 25.4 Å². The molecule has 0 N–H and O–H groups in total. The minimum absolute atomic E-state index is 0.0478. The molecular weight excluding hydrogens is 238 g/mol. The van der Waals surface area contributed by atoms with Crippen LogP contribution in [0.2, 0.25) is 0 Å². The van der Waals surface area contributed by atoms with Gasteiger partial charge in [0.1, 0.15) is 0 Å². The Morgan fingerprint density at radius 3 is 2.78 bits per heavy atom. The van der Waals surface area contributed by atoms with Crippen molar-refractivity contribution in [2.45, 2.75) is 6.42 Å². The van der Waals surface area contributed by atoms with Crippen LogP contribution in [0, 0.1) is 10.1 Å². The molecule has 0 radical (unpaired) electrons. The molecule has 18 heavy (non-hydrogen) atoms. The molecule has 0 aliphatic rings. The normalized spacial score (nSPS) is 9.83. The second kappa shape index (κ2) is 7.29. The van der Waals surface area contributed by atoms with Crippen molar-refractivity contribution >= 4 is 5.69 Å². The van der Waals surface area contributed by atoms with Crippen molar-refractivity contribution in [3.8, 4) is 11.5 Å². The molecule has 6 heteroatoms. The summed E-state index contributed by atoms with van der Waals surface area (Å²) < 4.78 is 15.4. The first-order valence-corrected chi connectivity index (χ1v) is 5.33. The van der Waals surface area contributed by atoms with Gasteiger partial charge < -0.3 is 14.2 Å². The van der Waals surface area contributed by atoms with Crippen LogP contribution < -0.4 is 9.47 Å². The van der Waals surface area contributed by atoms with Crippen molar-refractivity contribution in [3.05, 3.63) is 41.0 Å². The van der Waals surface area contributed by atoms with Gasteiger partial charge in [-0.3, -0.25) is 10.1 Å². The van der Waals surface area contributed by atoms with Crippen molar-refractivity contribution in [1.82, 2.24) is 0 Å². The van der Waals surface area contributed by atoms with Gasteiger partial charge in [0.25, 0.3) is 5.69 Å². The van der Waals surface area contributed by atoms with E-state index in [4.69, 9.17) is 14.2 Å². The molecule has 6 nitrogen and oxygen atoms in total. The smallest absolute Gasteiger partial charge is 0.273 e. The molecule has 98 valence electrons. The summed E-state index contributed by atoms with van der Waals surface area (Å²) in [5.74, 6) is 0.731. The molecule has 0 saturated heterocycles. The number of benzene rings is 1. The van der Waals surface area contributed by atoms with Crippen molar-refractivity contribution in [2.75, 3.05) is 20.5 Å². The molecule has 0 spiro atoms. The lowest BCUT2D eigenvalue weighted by atomic mass is 10.3. The second-order valence-corrected chi connectivity index (χ2v) is 3.36. The van der Waals surface area contributed by atoms with Crippen molar-refractivity contribution in [2.24, 2.45) is 0 Å². The minimum atomic E-state index is -0.486. The van der Waals surface area contributed by atoms with E-state index >= 15 is 0 Å².